The first-order valence-corrected chi connectivity index (χ1v) is 9.48. The molecule has 0 N–H and O–H groups in total. The van der Waals surface area contributed by atoms with Crippen LogP contribution in [0.3, 0.4) is 0 Å². The fraction of sp³-hybridized carbons (Fsp3) is 0.579. The van der Waals surface area contributed by atoms with Crippen molar-refractivity contribution in [1.29, 1.82) is 0 Å². The molecule has 136 valence electrons. The number of amides is 2. The van der Waals surface area contributed by atoms with Crippen LogP contribution in [0.2, 0.25) is 5.02 Å². The van der Waals surface area contributed by atoms with Crippen molar-refractivity contribution in [2.45, 2.75) is 38.5 Å². The van der Waals surface area contributed by atoms with Crippen LogP contribution in [-0.4, -0.2) is 47.8 Å². The lowest BCUT2D eigenvalue weighted by Crippen LogP contribution is -2.40. The molecule has 1 aromatic carbocycles. The molecule has 0 radical (unpaired) electrons. The zero-order chi connectivity index (χ0) is 17.8. The van der Waals surface area contributed by atoms with E-state index < -0.39 is 11.7 Å². The maximum Gasteiger partial charge on any atom is 0.258 e. The Morgan fingerprint density at radius 3 is 2.36 bits per heavy atom. The highest BCUT2D eigenvalue weighted by atomic mass is 35.5. The number of hydrogen-bond acceptors (Lipinski definition) is 2. The number of benzene rings is 1. The predicted octanol–water partition coefficient (Wildman–Crippen LogP) is 3.73. The van der Waals surface area contributed by atoms with Gasteiger partial charge in [0.2, 0.25) is 5.91 Å². The van der Waals surface area contributed by atoms with Gasteiger partial charge in [0.25, 0.3) is 5.91 Å². The van der Waals surface area contributed by atoms with Crippen molar-refractivity contribution in [3.05, 3.63) is 34.6 Å². The molecule has 1 aliphatic heterocycles. The first-order chi connectivity index (χ1) is 12.1. The van der Waals surface area contributed by atoms with Crippen molar-refractivity contribution in [3.63, 3.8) is 0 Å². The first kappa shape index (κ1) is 18.2. The molecule has 2 aliphatic rings. The van der Waals surface area contributed by atoms with Crippen LogP contribution >= 0.6 is 11.6 Å². The van der Waals surface area contributed by atoms with Gasteiger partial charge in [-0.2, -0.15) is 0 Å². The Hall–Kier alpha value is -1.62. The minimum absolute atomic E-state index is 0.0729. The van der Waals surface area contributed by atoms with E-state index in [-0.39, 0.29) is 22.4 Å². The second-order valence-corrected chi connectivity index (χ2v) is 7.31. The van der Waals surface area contributed by atoms with E-state index in [4.69, 9.17) is 11.6 Å². The highest BCUT2D eigenvalue weighted by Crippen LogP contribution is 2.26. The summed E-state index contributed by atoms with van der Waals surface area (Å²) in [4.78, 5) is 28.9. The maximum atomic E-state index is 14.0. The fourth-order valence-corrected chi connectivity index (χ4v) is 4.05. The summed E-state index contributed by atoms with van der Waals surface area (Å²) < 4.78 is 14.0. The third-order valence-corrected chi connectivity index (χ3v) is 5.54. The number of carbonyl (C=O) groups is 2. The third-order valence-electron chi connectivity index (χ3n) is 5.23. The van der Waals surface area contributed by atoms with E-state index >= 15 is 0 Å². The molecule has 4 nitrogen and oxygen atoms in total. The smallest absolute Gasteiger partial charge is 0.258 e. The summed E-state index contributed by atoms with van der Waals surface area (Å²) in [6.07, 6.45) is 6.12. The average molecular weight is 367 g/mol. The van der Waals surface area contributed by atoms with Crippen LogP contribution in [0.25, 0.3) is 0 Å². The molecular formula is C19H24ClFN2O2. The van der Waals surface area contributed by atoms with Gasteiger partial charge >= 0.3 is 0 Å². The molecule has 25 heavy (non-hydrogen) atoms. The summed E-state index contributed by atoms with van der Waals surface area (Å²) in [7, 11) is 0. The minimum Gasteiger partial charge on any atom is -0.341 e. The summed E-state index contributed by atoms with van der Waals surface area (Å²) in [6.45, 7) is 2.09. The van der Waals surface area contributed by atoms with Crippen molar-refractivity contribution in [2.75, 3.05) is 26.2 Å². The lowest BCUT2D eigenvalue weighted by atomic mass is 9.88. The zero-order valence-corrected chi connectivity index (χ0v) is 15.1. The van der Waals surface area contributed by atoms with Crippen LogP contribution < -0.4 is 0 Å². The summed E-state index contributed by atoms with van der Waals surface area (Å²) in [6, 6.07) is 4.26. The molecule has 2 fully saturated rings. The van der Waals surface area contributed by atoms with Crippen molar-refractivity contribution in [3.8, 4) is 0 Å². The molecule has 1 saturated carbocycles. The van der Waals surface area contributed by atoms with Crippen molar-refractivity contribution in [2.24, 2.45) is 5.92 Å². The molecule has 1 heterocycles. The van der Waals surface area contributed by atoms with Gasteiger partial charge in [-0.3, -0.25) is 9.59 Å². The lowest BCUT2D eigenvalue weighted by molar-refractivity contribution is -0.136. The monoisotopic (exact) mass is 366 g/mol. The van der Waals surface area contributed by atoms with Gasteiger partial charge in [0.1, 0.15) is 5.82 Å². The molecule has 0 aromatic heterocycles. The molecule has 1 aromatic rings. The van der Waals surface area contributed by atoms with Crippen LogP contribution in [0, 0.1) is 11.7 Å². The largest absolute Gasteiger partial charge is 0.341 e. The van der Waals surface area contributed by atoms with E-state index in [1.807, 2.05) is 4.90 Å². The minimum atomic E-state index is -0.600. The Morgan fingerprint density at radius 1 is 0.960 bits per heavy atom. The van der Waals surface area contributed by atoms with Crippen molar-refractivity contribution >= 4 is 23.4 Å². The van der Waals surface area contributed by atoms with E-state index in [2.05, 4.69) is 0 Å². The second kappa shape index (κ2) is 8.17. The lowest BCUT2D eigenvalue weighted by Gasteiger charge is -2.28. The molecular weight excluding hydrogens is 343 g/mol. The van der Waals surface area contributed by atoms with Gasteiger partial charge in [-0.25, -0.2) is 4.39 Å². The fourth-order valence-electron chi connectivity index (χ4n) is 3.81. The van der Waals surface area contributed by atoms with Crippen LogP contribution in [0.15, 0.2) is 18.2 Å². The Morgan fingerprint density at radius 2 is 1.64 bits per heavy atom. The van der Waals surface area contributed by atoms with E-state index in [0.717, 1.165) is 25.7 Å². The van der Waals surface area contributed by atoms with Crippen molar-refractivity contribution in [1.82, 2.24) is 9.80 Å². The zero-order valence-electron chi connectivity index (χ0n) is 14.3. The van der Waals surface area contributed by atoms with Gasteiger partial charge in [-0.15, -0.1) is 0 Å². The van der Waals surface area contributed by atoms with Gasteiger partial charge < -0.3 is 9.80 Å². The molecule has 0 spiro atoms. The third kappa shape index (κ3) is 4.14. The van der Waals surface area contributed by atoms with Gasteiger partial charge in [0.05, 0.1) is 10.6 Å². The molecule has 1 saturated heterocycles. The van der Waals surface area contributed by atoms with Crippen LogP contribution in [0.5, 0.6) is 0 Å². The quantitative estimate of drug-likeness (QED) is 0.800. The standard InChI is InChI=1S/C19H24ClFN2O2/c20-15-8-4-9-16(21)17(15)19(25)23-11-5-10-22(12-13-23)18(24)14-6-2-1-3-7-14/h4,8-9,14H,1-3,5-7,10-13H2. The number of carbonyl (C=O) groups excluding carboxylic acids is 2. The first-order valence-electron chi connectivity index (χ1n) is 9.10. The Kier molecular flexibility index (Phi) is 5.94. The summed E-state index contributed by atoms with van der Waals surface area (Å²) >= 11 is 6.01. The number of rotatable bonds is 2. The maximum absolute atomic E-state index is 14.0. The van der Waals surface area contributed by atoms with Crippen LogP contribution in [0.4, 0.5) is 4.39 Å². The molecule has 0 unspecified atom stereocenters. The molecule has 1 aliphatic carbocycles. The number of hydrogen-bond donors (Lipinski definition) is 0. The van der Waals surface area contributed by atoms with Crippen LogP contribution in [-0.2, 0) is 4.79 Å². The Balaban J connectivity index is 1.65. The van der Waals surface area contributed by atoms with E-state index in [9.17, 15) is 14.0 Å². The Labute approximate surface area is 152 Å². The van der Waals surface area contributed by atoms with Gasteiger partial charge in [-0.05, 0) is 31.4 Å². The van der Waals surface area contributed by atoms with E-state index in [1.165, 1.54) is 24.6 Å². The summed E-state index contributed by atoms with van der Waals surface area (Å²) in [5.41, 5.74) is -0.0729. The number of nitrogens with zero attached hydrogens (tertiary/aromatic N) is 2. The molecule has 0 atom stereocenters. The SMILES string of the molecule is O=C(c1c(F)cccc1Cl)N1CCCN(C(=O)C2CCCCC2)CC1. The normalized spacial score (nSPS) is 19.6. The summed E-state index contributed by atoms with van der Waals surface area (Å²) in [5.74, 6) is -0.637. The highest BCUT2D eigenvalue weighted by molar-refractivity contribution is 6.33. The molecule has 6 heteroatoms. The molecule has 3 rings (SSSR count). The van der Waals surface area contributed by atoms with Gasteiger partial charge in [0.15, 0.2) is 0 Å². The average Bonchev–Trinajstić information content (AvgIpc) is 2.88. The Bertz CT molecular complexity index is 626. The topological polar surface area (TPSA) is 40.6 Å². The van der Waals surface area contributed by atoms with Crippen LogP contribution in [0.1, 0.15) is 48.9 Å². The van der Waals surface area contributed by atoms with E-state index in [1.54, 1.807) is 4.90 Å². The van der Waals surface area contributed by atoms with Crippen molar-refractivity contribution < 1.29 is 14.0 Å². The predicted molar refractivity (Wildman–Crippen MR) is 95.1 cm³/mol. The van der Waals surface area contributed by atoms with Gasteiger partial charge in [0, 0.05) is 32.1 Å². The molecule has 0 bridgehead atoms. The number of halogens is 2. The molecule has 2 amide bonds. The summed E-state index contributed by atoms with van der Waals surface area (Å²) in [5, 5.41) is 0.129. The van der Waals surface area contributed by atoms with E-state index in [0.29, 0.717) is 32.6 Å². The second-order valence-electron chi connectivity index (χ2n) is 6.90. The highest BCUT2D eigenvalue weighted by Gasteiger charge is 2.29. The van der Waals surface area contributed by atoms with Gasteiger partial charge in [-0.1, -0.05) is 36.9 Å².